The lowest BCUT2D eigenvalue weighted by atomic mass is 10.4. The third kappa shape index (κ3) is 1.70. The van der Waals surface area contributed by atoms with Crippen molar-refractivity contribution in [3.8, 4) is 0 Å². The topological polar surface area (TPSA) is 55.1 Å². The van der Waals surface area contributed by atoms with E-state index in [0.29, 0.717) is 10.1 Å². The van der Waals surface area contributed by atoms with Gasteiger partial charge in [0.15, 0.2) is 5.69 Å². The fraction of sp³-hybridized carbons (Fsp3) is 0.333. The molecule has 0 radical (unpaired) electrons. The van der Waals surface area contributed by atoms with Gasteiger partial charge >= 0.3 is 5.97 Å². The van der Waals surface area contributed by atoms with Crippen LogP contribution in [0.2, 0.25) is 0 Å². The summed E-state index contributed by atoms with van der Waals surface area (Å²) in [5.74, 6) is -0.971. The Morgan fingerprint density at radius 1 is 1.91 bits per heavy atom. The molecule has 0 atom stereocenters. The van der Waals surface area contributed by atoms with Gasteiger partial charge in [0.1, 0.15) is 0 Å². The molecule has 0 saturated carbocycles. The summed E-state index contributed by atoms with van der Waals surface area (Å²) in [7, 11) is 0. The van der Waals surface area contributed by atoms with Gasteiger partial charge in [0.2, 0.25) is 0 Å². The van der Waals surface area contributed by atoms with Crippen LogP contribution in [0.15, 0.2) is 6.20 Å². The number of halogens is 1. The molecule has 0 bridgehead atoms. The molecule has 4 nitrogen and oxygen atoms in total. The van der Waals surface area contributed by atoms with E-state index in [4.69, 9.17) is 5.11 Å². The average Bonchev–Trinajstić information content (AvgIpc) is 2.30. The Kier molecular flexibility index (Phi) is 2.48. The van der Waals surface area contributed by atoms with Crippen LogP contribution in [0.1, 0.15) is 17.4 Å². The number of carbonyl (C=O) groups is 1. The summed E-state index contributed by atoms with van der Waals surface area (Å²) in [4.78, 5) is 10.5. The molecule has 0 aliphatic rings. The van der Waals surface area contributed by atoms with Crippen LogP contribution in [0, 0.1) is 3.57 Å². The molecule has 11 heavy (non-hydrogen) atoms. The van der Waals surface area contributed by atoms with Gasteiger partial charge in [-0.15, -0.1) is 0 Å². The summed E-state index contributed by atoms with van der Waals surface area (Å²) < 4.78 is 2.28. The Bertz CT molecular complexity index is 282. The molecule has 0 amide bonds. The lowest BCUT2D eigenvalue weighted by Crippen LogP contribution is -2.01. The van der Waals surface area contributed by atoms with Crippen LogP contribution in [-0.4, -0.2) is 20.9 Å². The summed E-state index contributed by atoms with van der Waals surface area (Å²) in [5.41, 5.74) is 0.132. The molecule has 0 aliphatic carbocycles. The Morgan fingerprint density at radius 3 is 2.82 bits per heavy atom. The molecule has 1 heterocycles. The quantitative estimate of drug-likeness (QED) is 0.818. The Morgan fingerprint density at radius 2 is 2.55 bits per heavy atom. The van der Waals surface area contributed by atoms with Gasteiger partial charge in [-0.2, -0.15) is 5.10 Å². The second-order valence-electron chi connectivity index (χ2n) is 1.99. The molecule has 1 aromatic rings. The Hall–Kier alpha value is -0.590. The first-order valence-corrected chi connectivity index (χ1v) is 4.19. The van der Waals surface area contributed by atoms with E-state index in [2.05, 4.69) is 5.10 Å². The van der Waals surface area contributed by atoms with Gasteiger partial charge in [-0.1, -0.05) is 0 Å². The van der Waals surface area contributed by atoms with E-state index in [-0.39, 0.29) is 5.69 Å². The van der Waals surface area contributed by atoms with E-state index < -0.39 is 5.97 Å². The highest BCUT2D eigenvalue weighted by molar-refractivity contribution is 14.1. The van der Waals surface area contributed by atoms with Crippen LogP contribution < -0.4 is 0 Å². The van der Waals surface area contributed by atoms with Crippen molar-refractivity contribution in [2.45, 2.75) is 13.5 Å². The standard InChI is InChI=1S/C6H7IN2O2/c1-2-9-3-4(7)5(8-9)6(10)11/h3H,2H2,1H3,(H,10,11). The van der Waals surface area contributed by atoms with Crippen LogP contribution in [0.3, 0.4) is 0 Å². The van der Waals surface area contributed by atoms with Crippen molar-refractivity contribution in [3.05, 3.63) is 15.5 Å². The molecule has 0 aromatic carbocycles. The predicted molar refractivity (Wildman–Crippen MR) is 47.6 cm³/mol. The van der Waals surface area contributed by atoms with Crippen LogP contribution >= 0.6 is 22.6 Å². The van der Waals surface area contributed by atoms with E-state index in [1.807, 2.05) is 29.5 Å². The first-order valence-electron chi connectivity index (χ1n) is 3.11. The normalized spacial score (nSPS) is 10.0. The smallest absolute Gasteiger partial charge is 0.357 e. The van der Waals surface area contributed by atoms with Crippen LogP contribution in [0.5, 0.6) is 0 Å². The van der Waals surface area contributed by atoms with E-state index in [1.54, 1.807) is 10.9 Å². The number of aromatic carboxylic acids is 1. The molecule has 0 fully saturated rings. The SMILES string of the molecule is CCn1cc(I)c(C(=O)O)n1. The minimum atomic E-state index is -0.971. The van der Waals surface area contributed by atoms with Crippen LogP contribution in [0.25, 0.3) is 0 Å². The monoisotopic (exact) mass is 266 g/mol. The fourth-order valence-corrected chi connectivity index (χ4v) is 1.36. The molecule has 0 spiro atoms. The Labute approximate surface area is 77.4 Å². The van der Waals surface area contributed by atoms with Gasteiger partial charge in [-0.05, 0) is 29.5 Å². The van der Waals surface area contributed by atoms with Gasteiger partial charge in [0, 0.05) is 12.7 Å². The minimum Gasteiger partial charge on any atom is -0.476 e. The van der Waals surface area contributed by atoms with Crippen molar-refractivity contribution in [2.75, 3.05) is 0 Å². The molecular weight excluding hydrogens is 259 g/mol. The number of carboxylic acids is 1. The highest BCUT2D eigenvalue weighted by atomic mass is 127. The summed E-state index contributed by atoms with van der Waals surface area (Å²) in [6.45, 7) is 2.61. The number of rotatable bonds is 2. The molecule has 0 saturated heterocycles. The highest BCUT2D eigenvalue weighted by Gasteiger charge is 2.12. The second kappa shape index (κ2) is 3.21. The lowest BCUT2D eigenvalue weighted by Gasteiger charge is -1.89. The summed E-state index contributed by atoms with van der Waals surface area (Å²) in [6, 6.07) is 0. The van der Waals surface area contributed by atoms with Gasteiger partial charge in [0.05, 0.1) is 3.57 Å². The maximum atomic E-state index is 10.5. The predicted octanol–water partition coefficient (Wildman–Crippen LogP) is 1.21. The van der Waals surface area contributed by atoms with Crippen molar-refractivity contribution in [3.63, 3.8) is 0 Å². The third-order valence-corrected chi connectivity index (χ3v) is 2.03. The van der Waals surface area contributed by atoms with Crippen molar-refractivity contribution < 1.29 is 9.90 Å². The highest BCUT2D eigenvalue weighted by Crippen LogP contribution is 2.09. The van der Waals surface area contributed by atoms with E-state index in [1.165, 1.54) is 0 Å². The lowest BCUT2D eigenvalue weighted by molar-refractivity contribution is 0.0688. The van der Waals surface area contributed by atoms with E-state index >= 15 is 0 Å². The van der Waals surface area contributed by atoms with E-state index in [0.717, 1.165) is 0 Å². The molecule has 1 rings (SSSR count). The molecule has 60 valence electrons. The van der Waals surface area contributed by atoms with E-state index in [9.17, 15) is 4.79 Å². The number of hydrogen-bond donors (Lipinski definition) is 1. The molecule has 5 heteroatoms. The maximum Gasteiger partial charge on any atom is 0.357 e. The molecule has 0 aliphatic heterocycles. The van der Waals surface area contributed by atoms with Crippen LogP contribution in [-0.2, 0) is 6.54 Å². The fourth-order valence-electron chi connectivity index (χ4n) is 0.704. The zero-order chi connectivity index (χ0) is 8.43. The summed E-state index contributed by atoms with van der Waals surface area (Å²) in [5, 5.41) is 12.4. The Balaban J connectivity index is 3.07. The van der Waals surface area contributed by atoms with Crippen molar-refractivity contribution in [1.82, 2.24) is 9.78 Å². The van der Waals surface area contributed by atoms with Gasteiger partial charge in [-0.3, -0.25) is 4.68 Å². The molecular formula is C6H7IN2O2. The van der Waals surface area contributed by atoms with Crippen molar-refractivity contribution in [2.24, 2.45) is 0 Å². The number of aryl methyl sites for hydroxylation is 1. The van der Waals surface area contributed by atoms with Crippen molar-refractivity contribution >= 4 is 28.6 Å². The summed E-state index contributed by atoms with van der Waals surface area (Å²) >= 11 is 1.96. The number of carboxylic acid groups (broad SMARTS) is 1. The zero-order valence-electron chi connectivity index (χ0n) is 5.91. The number of hydrogen-bond acceptors (Lipinski definition) is 2. The zero-order valence-corrected chi connectivity index (χ0v) is 8.07. The number of nitrogens with zero attached hydrogens (tertiary/aromatic N) is 2. The summed E-state index contributed by atoms with van der Waals surface area (Å²) in [6.07, 6.45) is 1.71. The van der Waals surface area contributed by atoms with Crippen LogP contribution in [0.4, 0.5) is 0 Å². The molecule has 1 N–H and O–H groups in total. The minimum absolute atomic E-state index is 0.132. The van der Waals surface area contributed by atoms with Gasteiger partial charge < -0.3 is 5.11 Å². The maximum absolute atomic E-state index is 10.5. The molecule has 1 aromatic heterocycles. The first kappa shape index (κ1) is 8.51. The average molecular weight is 266 g/mol. The molecule has 0 unspecified atom stereocenters. The largest absolute Gasteiger partial charge is 0.476 e. The number of aromatic nitrogens is 2. The first-order chi connectivity index (χ1) is 5.15. The van der Waals surface area contributed by atoms with Gasteiger partial charge in [0.25, 0.3) is 0 Å². The third-order valence-electron chi connectivity index (χ3n) is 1.24. The van der Waals surface area contributed by atoms with Crippen molar-refractivity contribution in [1.29, 1.82) is 0 Å². The second-order valence-corrected chi connectivity index (χ2v) is 3.15. The van der Waals surface area contributed by atoms with Gasteiger partial charge in [-0.25, -0.2) is 4.79 Å².